The van der Waals surface area contributed by atoms with Gasteiger partial charge >= 0.3 is 0 Å². The molecule has 0 bridgehead atoms. The summed E-state index contributed by atoms with van der Waals surface area (Å²) >= 11 is 7.35. The quantitative estimate of drug-likeness (QED) is 0.187. The molecule has 3 heterocycles. The van der Waals surface area contributed by atoms with Gasteiger partial charge < -0.3 is 9.73 Å². The van der Waals surface area contributed by atoms with Crippen molar-refractivity contribution in [3.63, 3.8) is 0 Å². The molecular weight excluding hydrogens is 588 g/mol. The van der Waals surface area contributed by atoms with Crippen molar-refractivity contribution in [2.75, 3.05) is 5.32 Å². The number of halogens is 1. The van der Waals surface area contributed by atoms with Crippen LogP contribution in [0.1, 0.15) is 29.9 Å². The van der Waals surface area contributed by atoms with E-state index in [0.29, 0.717) is 59.5 Å². The van der Waals surface area contributed by atoms with Crippen LogP contribution in [0.15, 0.2) is 110 Å². The average Bonchev–Trinajstić information content (AvgIpc) is 3.57. The maximum atomic E-state index is 13.9. The third-order valence-corrected chi connectivity index (χ3v) is 8.39. The number of nitrogens with zero attached hydrogens (tertiary/aromatic N) is 3. The lowest BCUT2D eigenvalue weighted by molar-refractivity contribution is -0.385. The maximum absolute atomic E-state index is 13.9. The second-order valence-electron chi connectivity index (χ2n) is 9.86. The van der Waals surface area contributed by atoms with Crippen molar-refractivity contribution in [2.45, 2.75) is 19.9 Å². The Labute approximate surface area is 253 Å². The van der Waals surface area contributed by atoms with E-state index in [4.69, 9.17) is 16.0 Å². The molecule has 0 radical (unpaired) electrons. The van der Waals surface area contributed by atoms with Crippen LogP contribution >= 0.6 is 22.9 Å². The van der Waals surface area contributed by atoms with Crippen LogP contribution in [0.25, 0.3) is 17.4 Å². The van der Waals surface area contributed by atoms with Crippen LogP contribution in [0.3, 0.4) is 0 Å². The first kappa shape index (κ1) is 28.1. The zero-order chi connectivity index (χ0) is 30.2. The number of amides is 1. The molecule has 1 aliphatic heterocycles. The topological polar surface area (TPSA) is 120 Å². The van der Waals surface area contributed by atoms with Crippen LogP contribution in [0.4, 0.5) is 11.4 Å². The van der Waals surface area contributed by atoms with Gasteiger partial charge in [-0.1, -0.05) is 65.4 Å². The van der Waals surface area contributed by atoms with Crippen LogP contribution < -0.4 is 20.2 Å². The molecule has 1 atom stereocenters. The Kier molecular flexibility index (Phi) is 7.39. The highest BCUT2D eigenvalue weighted by Gasteiger charge is 2.32. The number of aromatic nitrogens is 1. The first-order chi connectivity index (χ1) is 20.7. The molecule has 1 aliphatic rings. The molecule has 11 heteroatoms. The highest BCUT2D eigenvalue weighted by atomic mass is 35.5. The Morgan fingerprint density at radius 2 is 1.79 bits per heavy atom. The van der Waals surface area contributed by atoms with Gasteiger partial charge in [-0.2, -0.15) is 0 Å². The van der Waals surface area contributed by atoms with Gasteiger partial charge in [0.1, 0.15) is 11.5 Å². The van der Waals surface area contributed by atoms with E-state index < -0.39 is 11.0 Å². The highest BCUT2D eigenvalue weighted by molar-refractivity contribution is 7.07. The van der Waals surface area contributed by atoms with Crippen molar-refractivity contribution < 1.29 is 14.1 Å². The number of nitrogens with one attached hydrogen (secondary N) is 1. The largest absolute Gasteiger partial charge is 0.457 e. The number of fused-ring (bicyclic) bond motifs is 1. The van der Waals surface area contributed by atoms with Crippen LogP contribution in [0, 0.1) is 17.0 Å². The number of allylic oxidation sites excluding steroid dienone is 1. The molecule has 0 aliphatic carbocycles. The van der Waals surface area contributed by atoms with E-state index in [1.165, 1.54) is 22.0 Å². The minimum atomic E-state index is -0.751. The van der Waals surface area contributed by atoms with Gasteiger partial charge in [0.2, 0.25) is 0 Å². The number of hydrogen-bond donors (Lipinski definition) is 1. The third kappa shape index (κ3) is 5.33. The van der Waals surface area contributed by atoms with Gasteiger partial charge in [0.15, 0.2) is 4.80 Å². The number of benzene rings is 3. The van der Waals surface area contributed by atoms with E-state index in [-0.39, 0.29) is 17.2 Å². The zero-order valence-corrected chi connectivity index (χ0v) is 24.5. The van der Waals surface area contributed by atoms with Crippen LogP contribution in [0.2, 0.25) is 5.02 Å². The first-order valence-corrected chi connectivity index (χ1v) is 14.4. The van der Waals surface area contributed by atoms with E-state index in [0.717, 1.165) is 0 Å². The van der Waals surface area contributed by atoms with Crippen molar-refractivity contribution in [3.8, 4) is 11.3 Å². The second kappa shape index (κ2) is 11.3. The molecule has 6 rings (SSSR count). The molecular formula is C32H23ClN4O5S. The van der Waals surface area contributed by atoms with Gasteiger partial charge in [0.25, 0.3) is 17.2 Å². The highest BCUT2D eigenvalue weighted by Crippen LogP contribution is 2.33. The summed E-state index contributed by atoms with van der Waals surface area (Å²) in [4.78, 5) is 43.6. The van der Waals surface area contributed by atoms with E-state index in [1.807, 2.05) is 18.2 Å². The summed E-state index contributed by atoms with van der Waals surface area (Å²) in [6, 6.07) is 23.5. The fourth-order valence-electron chi connectivity index (χ4n) is 5.08. The molecule has 2 aromatic heterocycles. The third-order valence-electron chi connectivity index (χ3n) is 7.15. The Morgan fingerprint density at radius 1 is 1.05 bits per heavy atom. The number of carbonyl (C=O) groups is 1. The number of hydrogen-bond acceptors (Lipinski definition) is 7. The molecule has 0 spiro atoms. The van der Waals surface area contributed by atoms with E-state index in [2.05, 4.69) is 10.3 Å². The lowest BCUT2D eigenvalue weighted by Gasteiger charge is -2.25. The van der Waals surface area contributed by atoms with Crippen LogP contribution in [0.5, 0.6) is 0 Å². The molecule has 0 saturated heterocycles. The molecule has 3 aromatic carbocycles. The van der Waals surface area contributed by atoms with Crippen molar-refractivity contribution in [1.82, 2.24) is 4.57 Å². The summed E-state index contributed by atoms with van der Waals surface area (Å²) in [6.07, 6.45) is 1.61. The van der Waals surface area contributed by atoms with Gasteiger partial charge in [-0.15, -0.1) is 0 Å². The Morgan fingerprint density at radius 3 is 2.51 bits per heavy atom. The van der Waals surface area contributed by atoms with Crippen molar-refractivity contribution in [2.24, 2.45) is 4.99 Å². The lowest BCUT2D eigenvalue weighted by Crippen LogP contribution is -2.40. The SMILES string of the molecule is CC1=C(C(=O)Nc2ccccc2)[C@H](c2ccc(Cl)cc2)n2c(s/c(=C\c3ccc(-c4cccc([N+](=O)[O-])c4C)o3)c2=O)=N1. The monoisotopic (exact) mass is 610 g/mol. The number of thiazole rings is 1. The van der Waals surface area contributed by atoms with E-state index in [9.17, 15) is 19.7 Å². The molecule has 1 amide bonds. The van der Waals surface area contributed by atoms with Gasteiger partial charge in [-0.3, -0.25) is 24.3 Å². The number of anilines is 1. The lowest BCUT2D eigenvalue weighted by atomic mass is 9.95. The summed E-state index contributed by atoms with van der Waals surface area (Å²) in [6.45, 7) is 3.42. The van der Waals surface area contributed by atoms with E-state index >= 15 is 0 Å². The number of furan rings is 1. The van der Waals surface area contributed by atoms with Crippen molar-refractivity contribution in [1.29, 1.82) is 0 Å². The molecule has 5 aromatic rings. The standard InChI is InChI=1S/C32H23ClN4O5S/c1-18-24(9-6-10-25(18)37(40)41)26-16-15-23(42-26)17-27-31(39)36-29(20-11-13-21(33)14-12-20)28(19(2)34-32(36)43-27)30(38)35-22-7-4-3-5-8-22/h3-17,29H,1-2H3,(H,35,38)/b27-17-/t29-/m0/s1. The molecule has 214 valence electrons. The van der Waals surface area contributed by atoms with Gasteiger partial charge in [-0.25, -0.2) is 4.99 Å². The van der Waals surface area contributed by atoms with Crippen LogP contribution in [-0.4, -0.2) is 15.4 Å². The Balaban J connectivity index is 1.44. The van der Waals surface area contributed by atoms with Gasteiger partial charge in [-0.05, 0) is 55.8 Å². The normalized spacial score (nSPS) is 14.8. The second-order valence-corrected chi connectivity index (χ2v) is 11.3. The summed E-state index contributed by atoms with van der Waals surface area (Å²) in [7, 11) is 0. The van der Waals surface area contributed by atoms with Crippen LogP contribution in [-0.2, 0) is 4.79 Å². The number of carbonyl (C=O) groups excluding carboxylic acids is 1. The minimum absolute atomic E-state index is 0.00608. The molecule has 1 N–H and O–H groups in total. The smallest absolute Gasteiger partial charge is 0.273 e. The van der Waals surface area contributed by atoms with Gasteiger partial charge in [0.05, 0.1) is 26.8 Å². The average molecular weight is 611 g/mol. The molecule has 43 heavy (non-hydrogen) atoms. The van der Waals surface area contributed by atoms with Gasteiger partial charge in [0, 0.05) is 34.0 Å². The predicted octanol–water partition coefficient (Wildman–Crippen LogP) is 6.00. The fraction of sp³-hybridized carbons (Fsp3) is 0.0938. The number of para-hydroxylation sites is 1. The van der Waals surface area contributed by atoms with E-state index in [1.54, 1.807) is 80.6 Å². The predicted molar refractivity (Wildman–Crippen MR) is 166 cm³/mol. The maximum Gasteiger partial charge on any atom is 0.273 e. The fourth-order valence-corrected chi connectivity index (χ4v) is 6.24. The number of nitro benzene ring substituents is 1. The summed E-state index contributed by atoms with van der Waals surface area (Å²) in [5.41, 5.74) is 2.86. The molecule has 0 fully saturated rings. The summed E-state index contributed by atoms with van der Waals surface area (Å²) in [5.74, 6) is 0.464. The summed E-state index contributed by atoms with van der Waals surface area (Å²) in [5, 5.41) is 14.9. The first-order valence-electron chi connectivity index (χ1n) is 13.2. The molecule has 0 saturated carbocycles. The number of nitro groups is 1. The van der Waals surface area contributed by atoms with Crippen molar-refractivity contribution in [3.05, 3.63) is 148 Å². The molecule has 0 unspecified atom stereocenters. The zero-order valence-electron chi connectivity index (χ0n) is 22.9. The van der Waals surface area contributed by atoms with Crippen molar-refractivity contribution >= 4 is 46.3 Å². The molecule has 9 nitrogen and oxygen atoms in total. The summed E-state index contributed by atoms with van der Waals surface area (Å²) < 4.78 is 7.88. The number of rotatable bonds is 6. The Bertz CT molecular complexity index is 2110. The Hall–Kier alpha value is -5.06. The minimum Gasteiger partial charge on any atom is -0.457 e.